The van der Waals surface area contributed by atoms with Crippen LogP contribution in [0.1, 0.15) is 27.9 Å². The average molecular weight is 406 g/mol. The second-order valence-electron chi connectivity index (χ2n) is 6.89. The van der Waals surface area contributed by atoms with Crippen LogP contribution in [-0.2, 0) is 6.42 Å². The number of piperazine rings is 1. The van der Waals surface area contributed by atoms with Crippen LogP contribution in [0.2, 0.25) is 0 Å². The molecule has 1 fully saturated rings. The molecular weight excluding hydrogens is 382 g/mol. The van der Waals surface area contributed by atoms with Crippen LogP contribution in [0.25, 0.3) is 10.3 Å². The van der Waals surface area contributed by atoms with Crippen molar-refractivity contribution in [2.45, 2.75) is 13.3 Å². The number of carbonyl (C=O) groups excluding carboxylic acids is 1. The summed E-state index contributed by atoms with van der Waals surface area (Å²) in [5, 5.41) is 0.817. The fourth-order valence-electron chi connectivity index (χ4n) is 3.46. The van der Waals surface area contributed by atoms with E-state index in [1.807, 2.05) is 41.3 Å². The Bertz CT molecular complexity index is 1050. The third-order valence-electron chi connectivity index (χ3n) is 5.07. The molecule has 1 aromatic carbocycles. The summed E-state index contributed by atoms with van der Waals surface area (Å²) in [7, 11) is 1.76. The first kappa shape index (κ1) is 19.3. The van der Waals surface area contributed by atoms with Crippen LogP contribution in [-0.4, -0.2) is 58.2 Å². The third-order valence-corrected chi connectivity index (χ3v) is 6.05. The Kier molecular flexibility index (Phi) is 5.40. The number of carbonyl (C=O) groups is 1. The largest absolute Gasteiger partial charge is 0.331 e. The fraction of sp³-hybridized carbons (Fsp3) is 0.273. The number of benzene rings is 1. The van der Waals surface area contributed by atoms with Crippen molar-refractivity contribution < 1.29 is 4.79 Å². The van der Waals surface area contributed by atoms with Gasteiger partial charge >= 0.3 is 0 Å². The molecule has 148 valence electrons. The number of hydrogen-bond acceptors (Lipinski definition) is 5. The van der Waals surface area contributed by atoms with Gasteiger partial charge in [0.15, 0.2) is 10.8 Å². The normalized spacial score (nSPS) is 15.2. The Morgan fingerprint density at radius 3 is 2.69 bits per heavy atom. The van der Waals surface area contributed by atoms with Gasteiger partial charge in [0.1, 0.15) is 10.3 Å². The predicted octanol–water partition coefficient (Wildman–Crippen LogP) is 3.60. The molecule has 4 rings (SSSR count). The van der Waals surface area contributed by atoms with Crippen molar-refractivity contribution in [2.75, 3.05) is 26.7 Å². The van der Waals surface area contributed by atoms with E-state index in [-0.39, 0.29) is 5.91 Å². The summed E-state index contributed by atoms with van der Waals surface area (Å²) in [6.07, 6.45) is 2.73. The zero-order valence-corrected chi connectivity index (χ0v) is 17.4. The Balaban J connectivity index is 1.50. The number of aryl methyl sites for hydroxylation is 1. The average Bonchev–Trinajstić information content (AvgIpc) is 3.18. The predicted molar refractivity (Wildman–Crippen MR) is 117 cm³/mol. The summed E-state index contributed by atoms with van der Waals surface area (Å²) < 4.78 is 0. The number of fused-ring (bicyclic) bond motifs is 1. The lowest BCUT2D eigenvalue weighted by molar-refractivity contribution is 0.0728. The number of amidine groups is 1. The standard InChI is InChI=1S/C22H23N5OS/c1-4-16-7-9-17(10-8-16)22(28)26-12-13-27(15(2)14-26)19(23-3)21-25-18-6-5-11-24-20(18)29-21/h5-11H,2,4,12-14H2,1,3H3. The van der Waals surface area contributed by atoms with Gasteiger partial charge in [0, 0.05) is 37.6 Å². The molecule has 0 aliphatic carbocycles. The molecular formula is C22H23N5OS. The molecule has 0 unspecified atom stereocenters. The molecule has 1 aliphatic heterocycles. The van der Waals surface area contributed by atoms with Crippen molar-refractivity contribution in [3.8, 4) is 0 Å². The summed E-state index contributed by atoms with van der Waals surface area (Å²) in [6.45, 7) is 8.02. The van der Waals surface area contributed by atoms with Gasteiger partial charge < -0.3 is 9.80 Å². The molecule has 0 N–H and O–H groups in total. The molecule has 1 aliphatic rings. The highest BCUT2D eigenvalue weighted by atomic mass is 32.1. The smallest absolute Gasteiger partial charge is 0.254 e. The van der Waals surface area contributed by atoms with Gasteiger partial charge in [-0.3, -0.25) is 9.79 Å². The molecule has 0 spiro atoms. The van der Waals surface area contributed by atoms with E-state index in [9.17, 15) is 4.79 Å². The number of thiazole rings is 1. The van der Waals surface area contributed by atoms with Crippen LogP contribution in [0.15, 0.2) is 59.9 Å². The maximum atomic E-state index is 12.9. The van der Waals surface area contributed by atoms with Gasteiger partial charge in [-0.2, -0.15) is 0 Å². The van der Waals surface area contributed by atoms with Gasteiger partial charge in [0.2, 0.25) is 0 Å². The lowest BCUT2D eigenvalue weighted by atomic mass is 10.1. The van der Waals surface area contributed by atoms with E-state index in [0.29, 0.717) is 25.2 Å². The fourth-order valence-corrected chi connectivity index (χ4v) is 4.41. The summed E-state index contributed by atoms with van der Waals surface area (Å²) in [6, 6.07) is 11.7. The Labute approximate surface area is 174 Å². The third kappa shape index (κ3) is 3.78. The summed E-state index contributed by atoms with van der Waals surface area (Å²) in [5.41, 5.74) is 3.64. The molecule has 0 saturated carbocycles. The van der Waals surface area contributed by atoms with Crippen molar-refractivity contribution in [2.24, 2.45) is 4.99 Å². The minimum Gasteiger partial charge on any atom is -0.331 e. The van der Waals surface area contributed by atoms with E-state index in [1.54, 1.807) is 13.2 Å². The molecule has 3 aromatic rings. The number of aliphatic imine (C=N–C) groups is 1. The monoisotopic (exact) mass is 405 g/mol. The van der Waals surface area contributed by atoms with E-state index in [1.165, 1.54) is 16.9 Å². The lowest BCUT2D eigenvalue weighted by Gasteiger charge is -2.37. The molecule has 0 bridgehead atoms. The molecule has 0 atom stereocenters. The zero-order valence-electron chi connectivity index (χ0n) is 16.6. The summed E-state index contributed by atoms with van der Waals surface area (Å²) in [5.74, 6) is 0.810. The highest BCUT2D eigenvalue weighted by molar-refractivity contribution is 7.19. The van der Waals surface area contributed by atoms with Crippen LogP contribution in [0.3, 0.4) is 0 Å². The minimum atomic E-state index is 0.0348. The van der Waals surface area contributed by atoms with E-state index in [2.05, 4.69) is 33.4 Å². The van der Waals surface area contributed by atoms with E-state index < -0.39 is 0 Å². The molecule has 2 aromatic heterocycles. The molecule has 29 heavy (non-hydrogen) atoms. The number of nitrogens with zero attached hydrogens (tertiary/aromatic N) is 5. The molecule has 6 nitrogen and oxygen atoms in total. The van der Waals surface area contributed by atoms with Gasteiger partial charge in [-0.05, 0) is 36.2 Å². The first-order valence-corrected chi connectivity index (χ1v) is 10.4. The Hall–Kier alpha value is -3.06. The van der Waals surface area contributed by atoms with Crippen LogP contribution in [0.5, 0.6) is 0 Å². The van der Waals surface area contributed by atoms with Crippen LogP contribution < -0.4 is 0 Å². The molecule has 7 heteroatoms. The number of hydrogen-bond donors (Lipinski definition) is 0. The van der Waals surface area contributed by atoms with Crippen LogP contribution >= 0.6 is 11.3 Å². The SMILES string of the molecule is C=C1CN(C(=O)c2ccc(CC)cc2)CCN1C(=NC)c1nc2cccnc2s1. The van der Waals surface area contributed by atoms with Crippen molar-refractivity contribution in [1.29, 1.82) is 0 Å². The van der Waals surface area contributed by atoms with Gasteiger partial charge in [-0.15, -0.1) is 0 Å². The number of pyridine rings is 1. The van der Waals surface area contributed by atoms with Gasteiger partial charge in [0.25, 0.3) is 5.91 Å². The maximum absolute atomic E-state index is 12.9. The van der Waals surface area contributed by atoms with E-state index >= 15 is 0 Å². The van der Waals surface area contributed by atoms with Crippen LogP contribution in [0.4, 0.5) is 0 Å². The molecule has 1 saturated heterocycles. The maximum Gasteiger partial charge on any atom is 0.254 e. The number of aromatic nitrogens is 2. The van der Waals surface area contributed by atoms with Crippen molar-refractivity contribution >= 4 is 33.4 Å². The molecule has 0 radical (unpaired) electrons. The zero-order chi connectivity index (χ0) is 20.4. The first-order chi connectivity index (χ1) is 14.1. The first-order valence-electron chi connectivity index (χ1n) is 9.63. The second-order valence-corrected chi connectivity index (χ2v) is 7.87. The van der Waals surface area contributed by atoms with Gasteiger partial charge in [-0.25, -0.2) is 9.97 Å². The number of rotatable bonds is 3. The summed E-state index contributed by atoms with van der Waals surface area (Å²) in [4.78, 5) is 31.2. The van der Waals surface area contributed by atoms with Crippen molar-refractivity contribution in [1.82, 2.24) is 19.8 Å². The lowest BCUT2D eigenvalue weighted by Crippen LogP contribution is -2.49. The molecule has 1 amide bonds. The van der Waals surface area contributed by atoms with E-state index in [0.717, 1.165) is 33.3 Å². The van der Waals surface area contributed by atoms with Gasteiger partial charge in [0.05, 0.1) is 6.54 Å². The summed E-state index contributed by atoms with van der Waals surface area (Å²) >= 11 is 1.52. The van der Waals surface area contributed by atoms with Crippen LogP contribution in [0, 0.1) is 0 Å². The van der Waals surface area contributed by atoms with E-state index in [4.69, 9.17) is 0 Å². The Morgan fingerprint density at radius 2 is 2.03 bits per heavy atom. The minimum absolute atomic E-state index is 0.0348. The molecule has 3 heterocycles. The highest BCUT2D eigenvalue weighted by Gasteiger charge is 2.28. The van der Waals surface area contributed by atoms with Crippen molar-refractivity contribution in [3.05, 3.63) is 71.0 Å². The second kappa shape index (κ2) is 8.13. The van der Waals surface area contributed by atoms with Gasteiger partial charge in [-0.1, -0.05) is 37.0 Å². The quantitative estimate of drug-likeness (QED) is 0.493. The highest BCUT2D eigenvalue weighted by Crippen LogP contribution is 2.24. The Morgan fingerprint density at radius 1 is 1.24 bits per heavy atom. The van der Waals surface area contributed by atoms with Crippen molar-refractivity contribution in [3.63, 3.8) is 0 Å². The number of amides is 1. The topological polar surface area (TPSA) is 61.7 Å².